The molecule has 4 nitrogen and oxygen atoms in total. The number of carbonyl (C=O) groups is 1. The molecule has 0 bridgehead atoms. The van der Waals surface area contributed by atoms with Gasteiger partial charge < -0.3 is 14.4 Å². The van der Waals surface area contributed by atoms with Gasteiger partial charge in [-0.3, -0.25) is 0 Å². The van der Waals surface area contributed by atoms with E-state index in [1.165, 1.54) is 0 Å². The van der Waals surface area contributed by atoms with Crippen molar-refractivity contribution in [2.75, 3.05) is 19.7 Å². The minimum Gasteiger partial charge on any atom is -0.444 e. The lowest BCUT2D eigenvalue weighted by Crippen LogP contribution is -2.52. The van der Waals surface area contributed by atoms with Crippen molar-refractivity contribution in [3.05, 3.63) is 12.7 Å². The zero-order valence-corrected chi connectivity index (χ0v) is 14.1. The van der Waals surface area contributed by atoms with Gasteiger partial charge in [-0.2, -0.15) is 0 Å². The molecule has 0 aromatic carbocycles. The number of likely N-dealkylation sites (tertiary alicyclic amines) is 1. The van der Waals surface area contributed by atoms with Crippen molar-refractivity contribution in [3.8, 4) is 0 Å². The van der Waals surface area contributed by atoms with Gasteiger partial charge in [0.2, 0.25) is 0 Å². The van der Waals surface area contributed by atoms with E-state index >= 15 is 0 Å². The monoisotopic (exact) mass is 297 g/mol. The second-order valence-corrected chi connectivity index (χ2v) is 6.82. The molecule has 1 saturated heterocycles. The summed E-state index contributed by atoms with van der Waals surface area (Å²) in [5.41, 5.74) is -0.662. The van der Waals surface area contributed by atoms with Gasteiger partial charge in [0, 0.05) is 13.2 Å². The minimum absolute atomic E-state index is 0.212. The number of rotatable bonds is 6. The van der Waals surface area contributed by atoms with Gasteiger partial charge in [0.1, 0.15) is 5.60 Å². The molecule has 0 aromatic heterocycles. The molecule has 0 aliphatic carbocycles. The van der Waals surface area contributed by atoms with Crippen LogP contribution in [0.15, 0.2) is 12.7 Å². The van der Waals surface area contributed by atoms with Crippen molar-refractivity contribution >= 4 is 6.09 Å². The van der Waals surface area contributed by atoms with E-state index < -0.39 is 5.60 Å². The summed E-state index contributed by atoms with van der Waals surface area (Å²) in [6, 6.07) is 0. The molecule has 0 radical (unpaired) electrons. The summed E-state index contributed by atoms with van der Waals surface area (Å²) in [5.74, 6) is 0. The van der Waals surface area contributed by atoms with Crippen LogP contribution in [0.1, 0.15) is 59.8 Å². The minimum atomic E-state index is -0.450. The zero-order chi connectivity index (χ0) is 15.9. The van der Waals surface area contributed by atoms with Crippen molar-refractivity contribution in [2.45, 2.75) is 71.0 Å². The van der Waals surface area contributed by atoms with Crippen LogP contribution in [0.5, 0.6) is 0 Å². The average molecular weight is 297 g/mol. The van der Waals surface area contributed by atoms with E-state index in [1.807, 2.05) is 26.8 Å². The summed E-state index contributed by atoms with van der Waals surface area (Å²) in [4.78, 5) is 14.0. The molecule has 1 atom stereocenters. The van der Waals surface area contributed by atoms with Gasteiger partial charge >= 0.3 is 6.09 Å². The molecule has 0 aromatic rings. The van der Waals surface area contributed by atoms with E-state index in [2.05, 4.69) is 13.5 Å². The molecule has 1 heterocycles. The van der Waals surface area contributed by atoms with Crippen LogP contribution < -0.4 is 0 Å². The lowest BCUT2D eigenvalue weighted by Gasteiger charge is -2.42. The SMILES string of the molecule is C=CCCCOC1(CC)CCCN(C(=O)OC(C)(C)C)C1. The fourth-order valence-electron chi connectivity index (χ4n) is 2.61. The fraction of sp³-hybridized carbons (Fsp3) is 0.824. The lowest BCUT2D eigenvalue weighted by atomic mass is 9.90. The largest absolute Gasteiger partial charge is 0.444 e. The number of allylic oxidation sites excluding steroid dienone is 1. The molecule has 1 amide bonds. The standard InChI is InChI=1S/C17H31NO3/c1-6-8-9-13-20-17(7-2)11-10-12-18(14-17)15(19)21-16(3,4)5/h6H,1,7-14H2,2-5H3. The summed E-state index contributed by atoms with van der Waals surface area (Å²) in [7, 11) is 0. The Bertz CT molecular complexity index is 348. The second-order valence-electron chi connectivity index (χ2n) is 6.82. The molecule has 122 valence electrons. The highest BCUT2D eigenvalue weighted by atomic mass is 16.6. The van der Waals surface area contributed by atoms with Crippen LogP contribution in [0.25, 0.3) is 0 Å². The summed E-state index contributed by atoms with van der Waals surface area (Å²) < 4.78 is 11.6. The maximum atomic E-state index is 12.2. The highest BCUT2D eigenvalue weighted by Crippen LogP contribution is 2.29. The van der Waals surface area contributed by atoms with E-state index in [0.717, 1.165) is 45.3 Å². The van der Waals surface area contributed by atoms with E-state index in [9.17, 15) is 4.79 Å². The predicted molar refractivity (Wildman–Crippen MR) is 85.4 cm³/mol. The van der Waals surface area contributed by atoms with Crippen LogP contribution >= 0.6 is 0 Å². The first-order valence-electron chi connectivity index (χ1n) is 8.05. The Morgan fingerprint density at radius 3 is 2.71 bits per heavy atom. The molecule has 1 fully saturated rings. The fourth-order valence-corrected chi connectivity index (χ4v) is 2.61. The van der Waals surface area contributed by atoms with Crippen LogP contribution in [-0.4, -0.2) is 41.9 Å². The second kappa shape index (κ2) is 7.83. The van der Waals surface area contributed by atoms with Crippen LogP contribution in [0.4, 0.5) is 4.79 Å². The molecule has 21 heavy (non-hydrogen) atoms. The summed E-state index contributed by atoms with van der Waals surface area (Å²) in [6.45, 7) is 13.7. The number of hydrogen-bond acceptors (Lipinski definition) is 3. The Morgan fingerprint density at radius 2 is 2.14 bits per heavy atom. The van der Waals surface area contributed by atoms with Crippen LogP contribution in [-0.2, 0) is 9.47 Å². The summed E-state index contributed by atoms with van der Waals surface area (Å²) in [5, 5.41) is 0. The third-order valence-electron chi connectivity index (χ3n) is 3.80. The van der Waals surface area contributed by atoms with Crippen LogP contribution in [0, 0.1) is 0 Å². The number of carbonyl (C=O) groups excluding carboxylic acids is 1. The summed E-state index contributed by atoms with van der Waals surface area (Å²) >= 11 is 0. The first-order valence-corrected chi connectivity index (χ1v) is 8.05. The van der Waals surface area contributed by atoms with Gasteiger partial charge in [0.05, 0.1) is 12.1 Å². The maximum Gasteiger partial charge on any atom is 0.410 e. The Balaban J connectivity index is 2.58. The molecule has 4 heteroatoms. The lowest BCUT2D eigenvalue weighted by molar-refractivity contribution is -0.0936. The number of piperidine rings is 1. The predicted octanol–water partition coefficient (Wildman–Crippen LogP) is 4.15. The molecular weight excluding hydrogens is 266 g/mol. The molecule has 1 aliphatic heterocycles. The highest BCUT2D eigenvalue weighted by molar-refractivity contribution is 5.68. The smallest absolute Gasteiger partial charge is 0.410 e. The topological polar surface area (TPSA) is 38.8 Å². The van der Waals surface area contributed by atoms with Gasteiger partial charge in [0.15, 0.2) is 0 Å². The third kappa shape index (κ3) is 6.08. The van der Waals surface area contributed by atoms with Crippen molar-refractivity contribution in [1.82, 2.24) is 4.90 Å². The highest BCUT2D eigenvalue weighted by Gasteiger charge is 2.37. The number of ether oxygens (including phenoxy) is 2. The molecule has 0 spiro atoms. The Morgan fingerprint density at radius 1 is 1.43 bits per heavy atom. The zero-order valence-electron chi connectivity index (χ0n) is 14.1. The molecule has 0 N–H and O–H groups in total. The van der Waals surface area contributed by atoms with E-state index in [-0.39, 0.29) is 11.7 Å². The Labute approximate surface area is 129 Å². The van der Waals surface area contributed by atoms with E-state index in [0.29, 0.717) is 6.54 Å². The average Bonchev–Trinajstić information content (AvgIpc) is 2.42. The third-order valence-corrected chi connectivity index (χ3v) is 3.80. The van der Waals surface area contributed by atoms with Crippen LogP contribution in [0.3, 0.4) is 0 Å². The maximum absolute atomic E-state index is 12.2. The quantitative estimate of drug-likeness (QED) is 0.546. The first kappa shape index (κ1) is 18.0. The molecule has 1 unspecified atom stereocenters. The summed E-state index contributed by atoms with van der Waals surface area (Å²) in [6.07, 6.45) is 6.53. The van der Waals surface area contributed by atoms with Crippen LogP contribution in [0.2, 0.25) is 0 Å². The van der Waals surface area contributed by atoms with Gasteiger partial charge in [-0.1, -0.05) is 13.0 Å². The molecule has 0 saturated carbocycles. The number of nitrogens with zero attached hydrogens (tertiary/aromatic N) is 1. The molecule has 1 aliphatic rings. The molecular formula is C17H31NO3. The van der Waals surface area contributed by atoms with Gasteiger partial charge in [-0.15, -0.1) is 6.58 Å². The normalized spacial score (nSPS) is 23.0. The van der Waals surface area contributed by atoms with Crippen molar-refractivity contribution in [1.29, 1.82) is 0 Å². The number of unbranched alkanes of at least 4 members (excludes halogenated alkanes) is 1. The first-order chi connectivity index (χ1) is 9.82. The van der Waals surface area contributed by atoms with Gasteiger partial charge in [0.25, 0.3) is 0 Å². The van der Waals surface area contributed by atoms with E-state index in [4.69, 9.17) is 9.47 Å². The van der Waals surface area contributed by atoms with E-state index in [1.54, 1.807) is 4.90 Å². The van der Waals surface area contributed by atoms with Gasteiger partial charge in [-0.05, 0) is 52.9 Å². The van der Waals surface area contributed by atoms with Crippen molar-refractivity contribution < 1.29 is 14.3 Å². The van der Waals surface area contributed by atoms with Crippen molar-refractivity contribution in [3.63, 3.8) is 0 Å². The number of amides is 1. The molecule has 1 rings (SSSR count). The Hall–Kier alpha value is -1.03. The van der Waals surface area contributed by atoms with Crippen molar-refractivity contribution in [2.24, 2.45) is 0 Å². The Kier molecular flexibility index (Phi) is 6.72. The van der Waals surface area contributed by atoms with Gasteiger partial charge in [-0.25, -0.2) is 4.79 Å². The number of hydrogen-bond donors (Lipinski definition) is 0.